The molecule has 2 atom stereocenters. The van der Waals surface area contributed by atoms with Crippen molar-refractivity contribution in [3.63, 3.8) is 0 Å². The van der Waals surface area contributed by atoms with Crippen LogP contribution < -0.4 is 5.32 Å². The molecule has 0 saturated carbocycles. The van der Waals surface area contributed by atoms with Crippen molar-refractivity contribution in [2.75, 3.05) is 5.32 Å². The topological polar surface area (TPSA) is 75.6 Å². The summed E-state index contributed by atoms with van der Waals surface area (Å²) in [5, 5.41) is 10.7. The number of hydrogen-bond donors (Lipinski definition) is 2. The van der Waals surface area contributed by atoms with Crippen LogP contribution in [0.15, 0.2) is 12.1 Å². The van der Waals surface area contributed by atoms with E-state index in [1.165, 1.54) is 0 Å². The zero-order chi connectivity index (χ0) is 14.9. The molecule has 0 bridgehead atoms. The summed E-state index contributed by atoms with van der Waals surface area (Å²) in [6, 6.07) is 0.970. The fourth-order valence-electron chi connectivity index (χ4n) is 1.87. The van der Waals surface area contributed by atoms with Crippen molar-refractivity contribution in [1.82, 2.24) is 0 Å². The minimum Gasteiger partial charge on any atom is -0.479 e. The highest BCUT2D eigenvalue weighted by atomic mass is 19.2. The van der Waals surface area contributed by atoms with E-state index in [1.807, 2.05) is 5.32 Å². The third-order valence-corrected chi connectivity index (χ3v) is 2.84. The van der Waals surface area contributed by atoms with Crippen LogP contribution in [0.4, 0.5) is 18.9 Å². The van der Waals surface area contributed by atoms with Gasteiger partial charge in [0.05, 0.1) is 5.69 Å². The number of ether oxygens (including phenoxy) is 1. The molecule has 0 unspecified atom stereocenters. The summed E-state index contributed by atoms with van der Waals surface area (Å²) in [6.45, 7) is 0. The molecule has 108 valence electrons. The van der Waals surface area contributed by atoms with Crippen LogP contribution in [0.1, 0.15) is 12.8 Å². The average molecular weight is 289 g/mol. The van der Waals surface area contributed by atoms with Gasteiger partial charge in [-0.1, -0.05) is 0 Å². The molecular weight excluding hydrogens is 279 g/mol. The lowest BCUT2D eigenvalue weighted by molar-refractivity contribution is -0.150. The standard InChI is InChI=1S/C12H10F3NO4/c13-5-3-6(14)10(15)7(4-5)16-11(17)8-1-2-9(20-8)12(18)19/h3-4,8-9H,1-2H2,(H,16,17)(H,18,19)/t8-,9+/m0/s1. The Labute approximate surface area is 111 Å². The van der Waals surface area contributed by atoms with Crippen LogP contribution in [0.25, 0.3) is 0 Å². The molecule has 1 aliphatic heterocycles. The van der Waals surface area contributed by atoms with Crippen LogP contribution in [0.2, 0.25) is 0 Å². The van der Waals surface area contributed by atoms with E-state index in [0.29, 0.717) is 12.1 Å². The second-order valence-corrected chi connectivity index (χ2v) is 4.27. The molecule has 2 N–H and O–H groups in total. The molecule has 1 aliphatic rings. The molecule has 1 aromatic carbocycles. The Morgan fingerprint density at radius 1 is 1.20 bits per heavy atom. The Morgan fingerprint density at radius 3 is 2.45 bits per heavy atom. The average Bonchev–Trinajstić information content (AvgIpc) is 2.85. The quantitative estimate of drug-likeness (QED) is 0.830. The first-order valence-corrected chi connectivity index (χ1v) is 5.72. The number of carbonyl (C=O) groups excluding carboxylic acids is 1. The molecule has 20 heavy (non-hydrogen) atoms. The van der Waals surface area contributed by atoms with E-state index < -0.39 is 47.2 Å². The lowest BCUT2D eigenvalue weighted by atomic mass is 10.2. The van der Waals surface area contributed by atoms with Gasteiger partial charge in [0.15, 0.2) is 17.7 Å². The predicted molar refractivity (Wildman–Crippen MR) is 60.5 cm³/mol. The third kappa shape index (κ3) is 2.90. The number of carboxylic acid groups (broad SMARTS) is 1. The molecule has 2 rings (SSSR count). The second kappa shape index (κ2) is 5.49. The Balaban J connectivity index is 2.08. The number of aliphatic carboxylic acids is 1. The zero-order valence-corrected chi connectivity index (χ0v) is 10.0. The Bertz CT molecular complexity index is 564. The molecule has 1 aromatic rings. The summed E-state index contributed by atoms with van der Waals surface area (Å²) >= 11 is 0. The number of carboxylic acids is 1. The van der Waals surface area contributed by atoms with Gasteiger partial charge in [-0.3, -0.25) is 4.79 Å². The van der Waals surface area contributed by atoms with Gasteiger partial charge in [0.2, 0.25) is 0 Å². The third-order valence-electron chi connectivity index (χ3n) is 2.84. The van der Waals surface area contributed by atoms with Crippen LogP contribution >= 0.6 is 0 Å². The van der Waals surface area contributed by atoms with E-state index in [1.54, 1.807) is 0 Å². The molecule has 0 radical (unpaired) electrons. The lowest BCUT2D eigenvalue weighted by Crippen LogP contribution is -2.30. The molecule has 5 nitrogen and oxygen atoms in total. The first-order valence-electron chi connectivity index (χ1n) is 5.72. The van der Waals surface area contributed by atoms with E-state index in [9.17, 15) is 22.8 Å². The van der Waals surface area contributed by atoms with Crippen molar-refractivity contribution in [3.8, 4) is 0 Å². The Kier molecular flexibility index (Phi) is 3.93. The van der Waals surface area contributed by atoms with Crippen molar-refractivity contribution >= 4 is 17.6 Å². The first-order chi connectivity index (χ1) is 9.38. The number of amides is 1. The van der Waals surface area contributed by atoms with Crippen molar-refractivity contribution in [3.05, 3.63) is 29.6 Å². The van der Waals surface area contributed by atoms with Gasteiger partial charge in [0.25, 0.3) is 5.91 Å². The van der Waals surface area contributed by atoms with E-state index in [0.717, 1.165) is 0 Å². The molecule has 1 amide bonds. The summed E-state index contributed by atoms with van der Waals surface area (Å²) in [4.78, 5) is 22.4. The van der Waals surface area contributed by atoms with Gasteiger partial charge in [-0.2, -0.15) is 0 Å². The minimum atomic E-state index is -1.43. The predicted octanol–water partition coefficient (Wildman–Crippen LogP) is 1.67. The van der Waals surface area contributed by atoms with Crippen molar-refractivity contribution < 1.29 is 32.6 Å². The fraction of sp³-hybridized carbons (Fsp3) is 0.333. The zero-order valence-electron chi connectivity index (χ0n) is 10.0. The van der Waals surface area contributed by atoms with Crippen molar-refractivity contribution in [1.29, 1.82) is 0 Å². The van der Waals surface area contributed by atoms with E-state index in [2.05, 4.69) is 0 Å². The van der Waals surface area contributed by atoms with Gasteiger partial charge in [-0.25, -0.2) is 18.0 Å². The highest BCUT2D eigenvalue weighted by Crippen LogP contribution is 2.23. The summed E-state index contributed by atoms with van der Waals surface area (Å²) in [5.74, 6) is -5.93. The van der Waals surface area contributed by atoms with Crippen LogP contribution in [-0.2, 0) is 14.3 Å². The maximum absolute atomic E-state index is 13.3. The Hall–Kier alpha value is -2.09. The van der Waals surface area contributed by atoms with E-state index >= 15 is 0 Å². The van der Waals surface area contributed by atoms with E-state index in [-0.39, 0.29) is 12.8 Å². The second-order valence-electron chi connectivity index (χ2n) is 4.27. The van der Waals surface area contributed by atoms with Gasteiger partial charge < -0.3 is 15.2 Å². The number of rotatable bonds is 3. The molecule has 0 spiro atoms. The first kappa shape index (κ1) is 14.3. The molecule has 0 aliphatic carbocycles. The van der Waals surface area contributed by atoms with Gasteiger partial charge in [-0.15, -0.1) is 0 Å². The van der Waals surface area contributed by atoms with Crippen molar-refractivity contribution in [2.45, 2.75) is 25.0 Å². The van der Waals surface area contributed by atoms with Crippen LogP contribution in [-0.4, -0.2) is 29.2 Å². The normalized spacial score (nSPS) is 21.8. The number of nitrogens with one attached hydrogen (secondary N) is 1. The molecule has 8 heteroatoms. The summed E-state index contributed by atoms with van der Waals surface area (Å²) in [5.41, 5.74) is -0.658. The maximum Gasteiger partial charge on any atom is 0.332 e. The summed E-state index contributed by atoms with van der Waals surface area (Å²) in [6.07, 6.45) is -1.95. The number of benzene rings is 1. The highest BCUT2D eigenvalue weighted by molar-refractivity contribution is 5.94. The van der Waals surface area contributed by atoms with Gasteiger partial charge in [-0.05, 0) is 12.8 Å². The molecule has 1 saturated heterocycles. The van der Waals surface area contributed by atoms with Gasteiger partial charge >= 0.3 is 5.97 Å². The summed E-state index contributed by atoms with van der Waals surface area (Å²) < 4.78 is 44.2. The van der Waals surface area contributed by atoms with Crippen molar-refractivity contribution in [2.24, 2.45) is 0 Å². The van der Waals surface area contributed by atoms with Gasteiger partial charge in [0, 0.05) is 12.1 Å². The summed E-state index contributed by atoms with van der Waals surface area (Å²) in [7, 11) is 0. The lowest BCUT2D eigenvalue weighted by Gasteiger charge is -2.12. The molecule has 1 heterocycles. The smallest absolute Gasteiger partial charge is 0.332 e. The number of halogens is 3. The SMILES string of the molecule is O=C(Nc1cc(F)cc(F)c1F)[C@@H]1CC[C@H](C(=O)O)O1. The van der Waals surface area contributed by atoms with Crippen LogP contribution in [0.3, 0.4) is 0 Å². The van der Waals surface area contributed by atoms with Crippen LogP contribution in [0, 0.1) is 17.5 Å². The molecular formula is C12H10F3NO4. The number of anilines is 1. The maximum atomic E-state index is 13.3. The largest absolute Gasteiger partial charge is 0.479 e. The monoisotopic (exact) mass is 289 g/mol. The van der Waals surface area contributed by atoms with E-state index in [4.69, 9.17) is 9.84 Å². The van der Waals surface area contributed by atoms with Gasteiger partial charge in [0.1, 0.15) is 11.9 Å². The fourth-order valence-corrected chi connectivity index (χ4v) is 1.87. The highest BCUT2D eigenvalue weighted by Gasteiger charge is 2.35. The van der Waals surface area contributed by atoms with Crippen LogP contribution in [0.5, 0.6) is 0 Å². The molecule has 1 fully saturated rings. The minimum absolute atomic E-state index is 0.127. The number of carbonyl (C=O) groups is 2. The Morgan fingerprint density at radius 2 is 1.85 bits per heavy atom. The molecule has 0 aromatic heterocycles. The number of hydrogen-bond acceptors (Lipinski definition) is 3.